The lowest BCUT2D eigenvalue weighted by Gasteiger charge is -2.23. The highest BCUT2D eigenvalue weighted by Crippen LogP contribution is 2.34. The smallest absolute Gasteiger partial charge is 0.333 e. The monoisotopic (exact) mass is 339 g/mol. The molecule has 0 amide bonds. The van der Waals surface area contributed by atoms with Gasteiger partial charge in [0.05, 0.1) is 34.3 Å². The van der Waals surface area contributed by atoms with Gasteiger partial charge in [0.2, 0.25) is 0 Å². The molecule has 8 heteroatoms. The number of carbonyl (C=O) groups is 1. The van der Waals surface area contributed by atoms with Gasteiger partial charge in [0.1, 0.15) is 0 Å². The standard InChI is InChI=1S/C12H24NO2.C2H7O4P/c1-11(2)12(14)15-10-8-6-7-9-13(3,4)5;1-5-7(3,4)6-2/h1,6-10H2,2-5H3;1-2H3,(H,3,4)/q+1;/p-1. The Hall–Kier alpha value is -0.720. The second-order valence-corrected chi connectivity index (χ2v) is 7.43. The minimum atomic E-state index is -3.90. The molecule has 0 rings (SSSR count). The number of rotatable bonds is 9. The summed E-state index contributed by atoms with van der Waals surface area (Å²) >= 11 is 0. The SMILES string of the molecule is C=C(C)C(=O)OCCCCC[N+](C)(C)C.COP(=O)([O-])OC. The Morgan fingerprint density at radius 1 is 1.14 bits per heavy atom. The molecule has 0 spiro atoms. The number of hydrogen-bond acceptors (Lipinski definition) is 6. The first-order valence-electron chi connectivity index (χ1n) is 7.01. The van der Waals surface area contributed by atoms with Crippen molar-refractivity contribution in [1.29, 1.82) is 0 Å². The minimum Gasteiger partial charge on any atom is -0.756 e. The van der Waals surface area contributed by atoms with Crippen molar-refractivity contribution in [2.24, 2.45) is 0 Å². The third-order valence-corrected chi connectivity index (χ3v) is 3.40. The van der Waals surface area contributed by atoms with Crippen molar-refractivity contribution in [2.75, 3.05) is 48.5 Å². The van der Waals surface area contributed by atoms with Gasteiger partial charge in [-0.15, -0.1) is 0 Å². The number of hydrogen-bond donors (Lipinski definition) is 0. The first-order valence-corrected chi connectivity index (χ1v) is 8.47. The Morgan fingerprint density at radius 2 is 1.64 bits per heavy atom. The Bertz CT molecular complexity index is 370. The summed E-state index contributed by atoms with van der Waals surface area (Å²) in [5.41, 5.74) is 0.473. The van der Waals surface area contributed by atoms with Crippen molar-refractivity contribution in [3.8, 4) is 0 Å². The van der Waals surface area contributed by atoms with Crippen molar-refractivity contribution in [2.45, 2.75) is 26.2 Å². The molecule has 0 bridgehead atoms. The van der Waals surface area contributed by atoms with Gasteiger partial charge in [0, 0.05) is 19.8 Å². The van der Waals surface area contributed by atoms with E-state index >= 15 is 0 Å². The topological polar surface area (TPSA) is 84.9 Å². The Balaban J connectivity index is 0. The van der Waals surface area contributed by atoms with E-state index in [1.807, 2.05) is 0 Å². The average Bonchev–Trinajstić information content (AvgIpc) is 2.41. The Kier molecular flexibility index (Phi) is 12.6. The van der Waals surface area contributed by atoms with Crippen LogP contribution >= 0.6 is 7.82 Å². The lowest BCUT2D eigenvalue weighted by atomic mass is 10.2. The first-order chi connectivity index (χ1) is 9.95. The summed E-state index contributed by atoms with van der Waals surface area (Å²) in [7, 11) is 4.72. The van der Waals surface area contributed by atoms with Crippen LogP contribution in [0.2, 0.25) is 0 Å². The van der Waals surface area contributed by atoms with Crippen LogP contribution in [0.15, 0.2) is 12.2 Å². The zero-order chi connectivity index (χ0) is 17.8. The van der Waals surface area contributed by atoms with Crippen molar-refractivity contribution >= 4 is 13.8 Å². The maximum absolute atomic E-state index is 11.0. The number of unbranched alkanes of at least 4 members (excludes halogenated alkanes) is 2. The highest BCUT2D eigenvalue weighted by atomic mass is 31.2. The molecule has 0 aliphatic heterocycles. The third kappa shape index (κ3) is 17.3. The van der Waals surface area contributed by atoms with Gasteiger partial charge < -0.3 is 23.2 Å². The fourth-order valence-electron chi connectivity index (χ4n) is 1.23. The summed E-state index contributed by atoms with van der Waals surface area (Å²) in [6, 6.07) is 0. The highest BCUT2D eigenvalue weighted by molar-refractivity contribution is 7.45. The van der Waals surface area contributed by atoms with Crippen LogP contribution in [0, 0.1) is 0 Å². The lowest BCUT2D eigenvalue weighted by molar-refractivity contribution is -0.870. The van der Waals surface area contributed by atoms with Crippen LogP contribution in [0.3, 0.4) is 0 Å². The predicted octanol–water partition coefficient (Wildman–Crippen LogP) is 1.73. The van der Waals surface area contributed by atoms with Crippen LogP contribution in [0.5, 0.6) is 0 Å². The van der Waals surface area contributed by atoms with Crippen molar-refractivity contribution in [3.63, 3.8) is 0 Å². The van der Waals surface area contributed by atoms with Gasteiger partial charge in [-0.3, -0.25) is 4.57 Å². The largest absolute Gasteiger partial charge is 0.756 e. The second kappa shape index (κ2) is 11.8. The van der Waals surface area contributed by atoms with Crippen LogP contribution in [0.4, 0.5) is 0 Å². The van der Waals surface area contributed by atoms with E-state index in [0.717, 1.165) is 38.1 Å². The summed E-state index contributed by atoms with van der Waals surface area (Å²) in [5, 5.41) is 0. The Morgan fingerprint density at radius 3 is 1.95 bits per heavy atom. The van der Waals surface area contributed by atoms with E-state index in [1.54, 1.807) is 6.92 Å². The van der Waals surface area contributed by atoms with E-state index in [4.69, 9.17) is 4.74 Å². The second-order valence-electron chi connectivity index (χ2n) is 5.80. The summed E-state index contributed by atoms with van der Waals surface area (Å²) < 4.78 is 23.7. The predicted molar refractivity (Wildman–Crippen MR) is 84.1 cm³/mol. The quantitative estimate of drug-likeness (QED) is 0.209. The van der Waals surface area contributed by atoms with Crippen LogP contribution in [0.1, 0.15) is 26.2 Å². The molecular formula is C14H30NO6P. The van der Waals surface area contributed by atoms with Crippen molar-refractivity contribution < 1.29 is 32.5 Å². The maximum Gasteiger partial charge on any atom is 0.333 e. The molecule has 0 aromatic rings. The molecule has 0 fully saturated rings. The average molecular weight is 339 g/mol. The molecule has 0 aromatic heterocycles. The summed E-state index contributed by atoms with van der Waals surface area (Å²) in [5.74, 6) is -0.276. The molecule has 0 saturated carbocycles. The van der Waals surface area contributed by atoms with E-state index in [1.165, 1.54) is 6.42 Å². The maximum atomic E-state index is 11.0. The Labute approximate surface area is 134 Å². The van der Waals surface area contributed by atoms with E-state index < -0.39 is 7.82 Å². The molecule has 0 aliphatic carbocycles. The van der Waals surface area contributed by atoms with Crippen molar-refractivity contribution in [1.82, 2.24) is 0 Å². The first kappa shape index (κ1) is 23.5. The van der Waals surface area contributed by atoms with E-state index in [2.05, 4.69) is 36.8 Å². The zero-order valence-electron chi connectivity index (χ0n) is 14.6. The van der Waals surface area contributed by atoms with Crippen molar-refractivity contribution in [3.05, 3.63) is 12.2 Å². The van der Waals surface area contributed by atoms with Crippen LogP contribution in [0.25, 0.3) is 0 Å². The molecule has 0 aromatic carbocycles. The van der Waals surface area contributed by atoms with Gasteiger partial charge in [-0.25, -0.2) is 4.79 Å². The molecule has 7 nitrogen and oxygen atoms in total. The van der Waals surface area contributed by atoms with Crippen LogP contribution in [-0.2, 0) is 23.1 Å². The summed E-state index contributed by atoms with van der Waals surface area (Å²) in [4.78, 5) is 21.0. The lowest BCUT2D eigenvalue weighted by Crippen LogP contribution is -2.35. The summed E-state index contributed by atoms with van der Waals surface area (Å²) in [6.07, 6.45) is 3.23. The van der Waals surface area contributed by atoms with E-state index in [0.29, 0.717) is 12.2 Å². The molecule has 0 heterocycles. The van der Waals surface area contributed by atoms with Gasteiger partial charge in [0.15, 0.2) is 0 Å². The third-order valence-electron chi connectivity index (χ3n) is 2.50. The molecule has 0 N–H and O–H groups in total. The minimum absolute atomic E-state index is 0.276. The molecular weight excluding hydrogens is 309 g/mol. The fourth-order valence-corrected chi connectivity index (χ4v) is 1.38. The van der Waals surface area contributed by atoms with Gasteiger partial charge in [-0.05, 0) is 26.2 Å². The number of phosphoric acid groups is 1. The zero-order valence-corrected chi connectivity index (χ0v) is 15.5. The van der Waals surface area contributed by atoms with E-state index in [9.17, 15) is 14.3 Å². The molecule has 0 saturated heterocycles. The van der Waals surface area contributed by atoms with Gasteiger partial charge >= 0.3 is 5.97 Å². The number of nitrogens with zero attached hydrogens (tertiary/aromatic N) is 1. The molecule has 22 heavy (non-hydrogen) atoms. The number of phosphoric ester groups is 1. The number of ether oxygens (including phenoxy) is 1. The number of quaternary nitrogens is 1. The van der Waals surface area contributed by atoms with E-state index in [-0.39, 0.29) is 5.97 Å². The molecule has 0 unspecified atom stereocenters. The normalized spacial score (nSPS) is 11.4. The number of carbonyl (C=O) groups excluding carboxylic acids is 1. The van der Waals surface area contributed by atoms with Crippen LogP contribution < -0.4 is 4.89 Å². The number of esters is 1. The molecule has 0 atom stereocenters. The summed E-state index contributed by atoms with van der Waals surface area (Å²) in [6.45, 7) is 6.87. The van der Waals surface area contributed by atoms with Gasteiger partial charge in [-0.1, -0.05) is 6.58 Å². The van der Waals surface area contributed by atoms with Crippen LogP contribution in [-0.4, -0.2) is 59.0 Å². The van der Waals surface area contributed by atoms with Gasteiger partial charge in [0.25, 0.3) is 7.82 Å². The molecule has 0 radical (unpaired) electrons. The fraction of sp³-hybridized carbons (Fsp3) is 0.786. The molecule has 132 valence electrons. The highest BCUT2D eigenvalue weighted by Gasteiger charge is 2.06. The van der Waals surface area contributed by atoms with Gasteiger partial charge in [-0.2, -0.15) is 0 Å². The molecule has 0 aliphatic rings.